The van der Waals surface area contributed by atoms with Gasteiger partial charge in [-0.1, -0.05) is 71.2 Å². The van der Waals surface area contributed by atoms with E-state index in [0.717, 1.165) is 27.7 Å². The van der Waals surface area contributed by atoms with Gasteiger partial charge in [-0.3, -0.25) is 9.59 Å². The van der Waals surface area contributed by atoms with Crippen molar-refractivity contribution in [3.8, 4) is 5.75 Å². The molecule has 2 amide bonds. The lowest BCUT2D eigenvalue weighted by Crippen LogP contribution is -2.37. The maximum Gasteiger partial charge on any atom is 0.246 e. The van der Waals surface area contributed by atoms with Crippen LogP contribution in [0.1, 0.15) is 22.4 Å². The first kappa shape index (κ1) is 27.2. The number of nitrogens with zero attached hydrogens (tertiary/aromatic N) is 2. The molecule has 0 aliphatic rings. The first-order valence-corrected chi connectivity index (χ1v) is 12.7. The number of ether oxygens (including phenoxy) is 1. The molecule has 0 atom stereocenters. The first-order chi connectivity index (χ1) is 18.2. The van der Waals surface area contributed by atoms with Gasteiger partial charge in [-0.15, -0.1) is 0 Å². The normalized spacial score (nSPS) is 11.1. The van der Waals surface area contributed by atoms with Gasteiger partial charge >= 0.3 is 0 Å². The van der Waals surface area contributed by atoms with Gasteiger partial charge < -0.3 is 15.0 Å². The van der Waals surface area contributed by atoms with E-state index in [0.29, 0.717) is 27.0 Å². The van der Waals surface area contributed by atoms with E-state index in [4.69, 9.17) is 27.9 Å². The molecule has 0 spiro atoms. The van der Waals surface area contributed by atoms with Crippen LogP contribution in [0, 0.1) is 13.8 Å². The summed E-state index contributed by atoms with van der Waals surface area (Å²) < 4.78 is 6.07. The fourth-order valence-electron chi connectivity index (χ4n) is 3.78. The van der Waals surface area contributed by atoms with Crippen LogP contribution < -0.4 is 15.0 Å². The van der Waals surface area contributed by atoms with Crippen molar-refractivity contribution in [1.82, 2.24) is 10.3 Å². The number of likely N-dealkylation sites (N-methyl/N-ethyl adjacent to an activating group) is 1. The van der Waals surface area contributed by atoms with Crippen molar-refractivity contribution in [1.29, 1.82) is 0 Å². The summed E-state index contributed by atoms with van der Waals surface area (Å²) in [6.45, 7) is 3.81. The van der Waals surface area contributed by atoms with E-state index in [9.17, 15) is 9.59 Å². The maximum atomic E-state index is 12.8. The van der Waals surface area contributed by atoms with Crippen molar-refractivity contribution in [2.24, 2.45) is 0 Å². The van der Waals surface area contributed by atoms with E-state index in [-0.39, 0.29) is 25.0 Å². The van der Waals surface area contributed by atoms with Gasteiger partial charge in [-0.05, 0) is 49.8 Å². The summed E-state index contributed by atoms with van der Waals surface area (Å²) in [5, 5.41) is 4.28. The van der Waals surface area contributed by atoms with Gasteiger partial charge in [0.1, 0.15) is 17.9 Å². The van der Waals surface area contributed by atoms with Crippen LogP contribution in [0.3, 0.4) is 0 Å². The number of pyridine rings is 1. The number of aromatic nitrogens is 1. The van der Waals surface area contributed by atoms with Gasteiger partial charge in [0.15, 0.2) is 0 Å². The van der Waals surface area contributed by atoms with Crippen LogP contribution >= 0.6 is 23.2 Å². The third-order valence-electron chi connectivity index (χ3n) is 6.01. The molecule has 0 saturated carbocycles. The van der Waals surface area contributed by atoms with Crippen molar-refractivity contribution in [3.63, 3.8) is 0 Å². The van der Waals surface area contributed by atoms with Crippen LogP contribution in [0.2, 0.25) is 10.0 Å². The van der Waals surface area contributed by atoms with E-state index in [1.54, 1.807) is 25.3 Å². The topological polar surface area (TPSA) is 71.5 Å². The Bertz CT molecular complexity index is 1520. The third kappa shape index (κ3) is 6.52. The second-order valence-corrected chi connectivity index (χ2v) is 9.63. The van der Waals surface area contributed by atoms with Gasteiger partial charge in [0.25, 0.3) is 0 Å². The lowest BCUT2D eigenvalue weighted by atomic mass is 10.1. The van der Waals surface area contributed by atoms with Crippen LogP contribution in [0.5, 0.6) is 5.75 Å². The fourth-order valence-corrected chi connectivity index (χ4v) is 4.39. The summed E-state index contributed by atoms with van der Waals surface area (Å²) in [4.78, 5) is 31.0. The number of hydrogen-bond acceptors (Lipinski definition) is 4. The lowest BCUT2D eigenvalue weighted by molar-refractivity contribution is -0.122. The van der Waals surface area contributed by atoms with Crippen molar-refractivity contribution < 1.29 is 14.3 Å². The number of aryl methyl sites for hydroxylation is 2. The standard InChI is InChI=1S/C30H27Cl2N3O3/c1-19-7-10-21(11-8-19)12-16-27(36)33-17-28(37)35(3)25-15-14-24(31)23(29(25)32)18-38-26-6-4-5-22-13-9-20(2)34-30(22)26/h4-16H,17-18H2,1-3H3,(H,33,36). The zero-order chi connectivity index (χ0) is 27.2. The van der Waals surface area contributed by atoms with E-state index in [2.05, 4.69) is 10.3 Å². The number of hydrogen-bond donors (Lipinski definition) is 1. The number of amides is 2. The number of rotatable bonds is 8. The summed E-state index contributed by atoms with van der Waals surface area (Å²) in [7, 11) is 1.59. The summed E-state index contributed by atoms with van der Waals surface area (Å²) in [6.07, 6.45) is 3.09. The average Bonchev–Trinajstić information content (AvgIpc) is 2.91. The SMILES string of the molecule is Cc1ccc(C=CC(=O)NCC(=O)N(C)c2ccc(Cl)c(COc3cccc4ccc(C)nc34)c2Cl)cc1. The third-order valence-corrected chi connectivity index (χ3v) is 6.79. The zero-order valence-corrected chi connectivity index (χ0v) is 22.8. The molecule has 0 aliphatic carbocycles. The molecule has 0 fully saturated rings. The highest BCUT2D eigenvalue weighted by molar-refractivity contribution is 6.38. The smallest absolute Gasteiger partial charge is 0.246 e. The van der Waals surface area contributed by atoms with Crippen LogP contribution in [0.15, 0.2) is 72.8 Å². The molecule has 1 heterocycles. The monoisotopic (exact) mass is 547 g/mol. The van der Waals surface area contributed by atoms with E-state index in [1.165, 1.54) is 11.0 Å². The molecule has 0 saturated heterocycles. The molecular formula is C30H27Cl2N3O3. The van der Waals surface area contributed by atoms with Gasteiger partial charge in [-0.25, -0.2) is 4.98 Å². The maximum absolute atomic E-state index is 12.8. The average molecular weight is 548 g/mol. The Kier molecular flexibility index (Phi) is 8.66. The summed E-state index contributed by atoms with van der Waals surface area (Å²) in [5.74, 6) is -0.107. The summed E-state index contributed by atoms with van der Waals surface area (Å²) in [5.41, 5.74) is 4.65. The Balaban J connectivity index is 1.42. The number of fused-ring (bicyclic) bond motifs is 1. The molecule has 0 unspecified atom stereocenters. The van der Waals surface area contributed by atoms with E-state index < -0.39 is 0 Å². The molecule has 0 radical (unpaired) electrons. The van der Waals surface area contributed by atoms with Crippen LogP contribution in [0.25, 0.3) is 17.0 Å². The van der Waals surface area contributed by atoms with Crippen LogP contribution in [-0.4, -0.2) is 30.4 Å². The molecule has 4 aromatic rings. The molecule has 194 valence electrons. The molecule has 3 aromatic carbocycles. The molecule has 0 aliphatic heterocycles. The van der Waals surface area contributed by atoms with Crippen molar-refractivity contribution in [3.05, 3.63) is 105 Å². The fraction of sp³-hybridized carbons (Fsp3) is 0.167. The molecule has 1 aromatic heterocycles. The number of carbonyl (C=O) groups excluding carboxylic acids is 2. The molecule has 8 heteroatoms. The Morgan fingerprint density at radius 3 is 2.53 bits per heavy atom. The second-order valence-electron chi connectivity index (χ2n) is 8.84. The number of carbonyl (C=O) groups is 2. The molecule has 6 nitrogen and oxygen atoms in total. The quantitative estimate of drug-likeness (QED) is 0.254. The van der Waals surface area contributed by atoms with Crippen molar-refractivity contribution >= 4 is 57.7 Å². The van der Waals surface area contributed by atoms with Crippen molar-refractivity contribution in [2.75, 3.05) is 18.5 Å². The highest BCUT2D eigenvalue weighted by Gasteiger charge is 2.19. The van der Waals surface area contributed by atoms with Gasteiger partial charge in [-0.2, -0.15) is 0 Å². The Hall–Kier alpha value is -3.87. The van der Waals surface area contributed by atoms with Gasteiger partial charge in [0.2, 0.25) is 11.8 Å². The Labute approximate surface area is 231 Å². The minimum absolute atomic E-state index is 0.0861. The van der Waals surface area contributed by atoms with E-state index in [1.807, 2.05) is 68.4 Å². The predicted molar refractivity (Wildman–Crippen MR) is 154 cm³/mol. The molecular weight excluding hydrogens is 521 g/mol. The van der Waals surface area contributed by atoms with E-state index >= 15 is 0 Å². The largest absolute Gasteiger partial charge is 0.487 e. The van der Waals surface area contributed by atoms with Gasteiger partial charge in [0.05, 0.1) is 17.3 Å². The minimum Gasteiger partial charge on any atom is -0.487 e. The summed E-state index contributed by atoms with van der Waals surface area (Å²) >= 11 is 13.1. The molecule has 0 bridgehead atoms. The molecule has 1 N–H and O–H groups in total. The first-order valence-electron chi connectivity index (χ1n) is 12.0. The molecule has 4 rings (SSSR count). The number of anilines is 1. The predicted octanol–water partition coefficient (Wildman–Crippen LogP) is 6.53. The van der Waals surface area contributed by atoms with Crippen LogP contribution in [-0.2, 0) is 16.2 Å². The van der Waals surface area contributed by atoms with Crippen molar-refractivity contribution in [2.45, 2.75) is 20.5 Å². The Morgan fingerprint density at radius 2 is 1.76 bits per heavy atom. The summed E-state index contributed by atoms with van der Waals surface area (Å²) in [6, 6.07) is 20.7. The zero-order valence-electron chi connectivity index (χ0n) is 21.3. The second kappa shape index (κ2) is 12.1. The number of para-hydroxylation sites is 1. The van der Waals surface area contributed by atoms with Gasteiger partial charge in [0, 0.05) is 34.8 Å². The Morgan fingerprint density at radius 1 is 1.00 bits per heavy atom. The highest BCUT2D eigenvalue weighted by atomic mass is 35.5. The van der Waals surface area contributed by atoms with Crippen LogP contribution in [0.4, 0.5) is 5.69 Å². The lowest BCUT2D eigenvalue weighted by Gasteiger charge is -2.21. The number of nitrogens with one attached hydrogen (secondary N) is 1. The highest BCUT2D eigenvalue weighted by Crippen LogP contribution is 2.35. The number of halogens is 2. The molecule has 38 heavy (non-hydrogen) atoms. The minimum atomic E-state index is -0.373. The number of benzene rings is 3.